The molecule has 0 atom stereocenters. The van der Waals surface area contributed by atoms with Gasteiger partial charge >= 0.3 is 0 Å². The number of hydrogen-bond acceptors (Lipinski definition) is 3. The summed E-state index contributed by atoms with van der Waals surface area (Å²) in [5.41, 5.74) is 3.04. The molecule has 4 aromatic rings. The van der Waals surface area contributed by atoms with Crippen molar-refractivity contribution >= 4 is 48.5 Å². The summed E-state index contributed by atoms with van der Waals surface area (Å²) in [6, 6.07) is 16.1. The molecule has 2 heterocycles. The number of nitrogens with one attached hydrogen (secondary N) is 2. The highest BCUT2D eigenvalue weighted by Crippen LogP contribution is 2.28. The summed E-state index contributed by atoms with van der Waals surface area (Å²) < 4.78 is 7.97. The van der Waals surface area contributed by atoms with Crippen molar-refractivity contribution in [2.75, 3.05) is 5.32 Å². The first-order valence-corrected chi connectivity index (χ1v) is 8.99. The van der Waals surface area contributed by atoms with Crippen LogP contribution in [0.4, 0.5) is 5.69 Å². The maximum atomic E-state index is 5.93. The number of H-pyrrole nitrogens is 1. The standard InChI is InChI=1S/C18H13Br2N3O/c19-12-3-1-2-11(6-12)18-5-4-14(24-18)9-21-13-7-16(20)15-10-22-23-17(15)8-13/h1-8,10,21H,9H2,(H,22,23). The zero-order valence-electron chi connectivity index (χ0n) is 12.5. The maximum absolute atomic E-state index is 5.93. The van der Waals surface area contributed by atoms with Gasteiger partial charge in [0.2, 0.25) is 0 Å². The molecular weight excluding hydrogens is 434 g/mol. The van der Waals surface area contributed by atoms with Gasteiger partial charge < -0.3 is 9.73 Å². The summed E-state index contributed by atoms with van der Waals surface area (Å²) in [5.74, 6) is 1.74. The van der Waals surface area contributed by atoms with E-state index in [1.807, 2.05) is 48.5 Å². The van der Waals surface area contributed by atoms with E-state index >= 15 is 0 Å². The van der Waals surface area contributed by atoms with Crippen molar-refractivity contribution in [2.24, 2.45) is 0 Å². The third kappa shape index (κ3) is 3.12. The van der Waals surface area contributed by atoms with Crippen LogP contribution in [0, 0.1) is 0 Å². The van der Waals surface area contributed by atoms with Crippen molar-refractivity contribution in [2.45, 2.75) is 6.54 Å². The Morgan fingerprint density at radius 3 is 2.88 bits per heavy atom. The van der Waals surface area contributed by atoms with Crippen molar-refractivity contribution < 1.29 is 4.42 Å². The summed E-state index contributed by atoms with van der Waals surface area (Å²) in [6.07, 6.45) is 1.81. The van der Waals surface area contributed by atoms with Crippen molar-refractivity contribution in [1.82, 2.24) is 10.2 Å². The van der Waals surface area contributed by atoms with E-state index in [1.54, 1.807) is 6.20 Å². The van der Waals surface area contributed by atoms with Gasteiger partial charge in [0.05, 0.1) is 18.3 Å². The summed E-state index contributed by atoms with van der Waals surface area (Å²) in [4.78, 5) is 0. The fourth-order valence-electron chi connectivity index (χ4n) is 2.57. The fourth-order valence-corrected chi connectivity index (χ4v) is 3.53. The number of hydrogen-bond donors (Lipinski definition) is 2. The molecule has 2 N–H and O–H groups in total. The third-order valence-corrected chi connectivity index (χ3v) is 4.90. The molecule has 0 aliphatic carbocycles. The molecule has 24 heavy (non-hydrogen) atoms. The van der Waals surface area contributed by atoms with Crippen molar-refractivity contribution in [1.29, 1.82) is 0 Å². The number of anilines is 1. The van der Waals surface area contributed by atoms with E-state index in [2.05, 4.69) is 47.4 Å². The van der Waals surface area contributed by atoms with Crippen LogP contribution in [0.3, 0.4) is 0 Å². The Morgan fingerprint density at radius 1 is 1.08 bits per heavy atom. The topological polar surface area (TPSA) is 53.9 Å². The van der Waals surface area contributed by atoms with Gasteiger partial charge in [0, 0.05) is 25.6 Å². The van der Waals surface area contributed by atoms with Crippen LogP contribution in [0.1, 0.15) is 5.76 Å². The highest BCUT2D eigenvalue weighted by Gasteiger charge is 2.07. The van der Waals surface area contributed by atoms with Crippen LogP contribution in [-0.2, 0) is 6.54 Å². The molecule has 6 heteroatoms. The summed E-state index contributed by atoms with van der Waals surface area (Å²) in [6.45, 7) is 0.611. The molecule has 4 nitrogen and oxygen atoms in total. The van der Waals surface area contributed by atoms with Crippen LogP contribution < -0.4 is 5.32 Å². The minimum absolute atomic E-state index is 0.611. The van der Waals surface area contributed by atoms with Gasteiger partial charge in [-0.05, 0) is 52.3 Å². The predicted molar refractivity (Wildman–Crippen MR) is 103 cm³/mol. The minimum atomic E-state index is 0.611. The summed E-state index contributed by atoms with van der Waals surface area (Å²) >= 11 is 7.05. The number of halogens is 2. The van der Waals surface area contributed by atoms with E-state index in [1.165, 1.54) is 0 Å². The average Bonchev–Trinajstić information content (AvgIpc) is 3.22. The molecule has 4 rings (SSSR count). The quantitative estimate of drug-likeness (QED) is 0.406. The lowest BCUT2D eigenvalue weighted by atomic mass is 10.2. The fraction of sp³-hybridized carbons (Fsp3) is 0.0556. The maximum Gasteiger partial charge on any atom is 0.134 e. The van der Waals surface area contributed by atoms with Crippen LogP contribution >= 0.6 is 31.9 Å². The average molecular weight is 447 g/mol. The van der Waals surface area contributed by atoms with Crippen molar-refractivity contribution in [3.05, 3.63) is 69.4 Å². The Balaban J connectivity index is 1.51. The molecule has 2 aromatic carbocycles. The zero-order chi connectivity index (χ0) is 16.5. The van der Waals surface area contributed by atoms with E-state index in [4.69, 9.17) is 4.42 Å². The molecule has 0 unspecified atom stereocenters. The molecule has 2 aromatic heterocycles. The Hall–Kier alpha value is -2.05. The highest BCUT2D eigenvalue weighted by atomic mass is 79.9. The molecule has 0 saturated heterocycles. The van der Waals surface area contributed by atoms with Gasteiger partial charge in [-0.3, -0.25) is 5.10 Å². The monoisotopic (exact) mass is 445 g/mol. The summed E-state index contributed by atoms with van der Waals surface area (Å²) in [5, 5.41) is 11.5. The van der Waals surface area contributed by atoms with Crippen LogP contribution in [-0.4, -0.2) is 10.2 Å². The molecule has 0 spiro atoms. The number of furan rings is 1. The van der Waals surface area contributed by atoms with Crippen LogP contribution in [0.2, 0.25) is 0 Å². The first kappa shape index (κ1) is 15.5. The lowest BCUT2D eigenvalue weighted by Crippen LogP contribution is -1.98. The smallest absolute Gasteiger partial charge is 0.134 e. The Kier molecular flexibility index (Phi) is 4.16. The Bertz CT molecular complexity index is 1010. The second kappa shape index (κ2) is 6.45. The number of nitrogens with zero attached hydrogens (tertiary/aromatic N) is 1. The molecular formula is C18H13Br2N3O. The zero-order valence-corrected chi connectivity index (χ0v) is 15.7. The van der Waals surface area contributed by atoms with Crippen LogP contribution in [0.25, 0.3) is 22.2 Å². The number of aromatic amines is 1. The molecule has 0 aliphatic rings. The molecule has 0 amide bonds. The minimum Gasteiger partial charge on any atom is -0.459 e. The molecule has 0 bridgehead atoms. The number of benzene rings is 2. The number of aromatic nitrogens is 2. The number of rotatable bonds is 4. The van der Waals surface area contributed by atoms with Gasteiger partial charge in [0.1, 0.15) is 11.5 Å². The first-order valence-electron chi connectivity index (χ1n) is 7.40. The first-order chi connectivity index (χ1) is 11.7. The van der Waals surface area contributed by atoms with Crippen LogP contribution in [0.15, 0.2) is 68.1 Å². The van der Waals surface area contributed by atoms with E-state index in [0.29, 0.717) is 6.54 Å². The lowest BCUT2D eigenvalue weighted by Gasteiger charge is -2.06. The Labute approximate surface area is 155 Å². The van der Waals surface area contributed by atoms with Crippen molar-refractivity contribution in [3.8, 4) is 11.3 Å². The second-order valence-electron chi connectivity index (χ2n) is 5.42. The van der Waals surface area contributed by atoms with Crippen molar-refractivity contribution in [3.63, 3.8) is 0 Å². The van der Waals surface area contributed by atoms with E-state index < -0.39 is 0 Å². The van der Waals surface area contributed by atoms with E-state index in [0.717, 1.165) is 42.6 Å². The third-order valence-electron chi connectivity index (χ3n) is 3.75. The van der Waals surface area contributed by atoms with Gasteiger partial charge in [-0.2, -0.15) is 5.10 Å². The van der Waals surface area contributed by atoms with E-state index in [9.17, 15) is 0 Å². The van der Waals surface area contributed by atoms with Gasteiger partial charge in [0.25, 0.3) is 0 Å². The summed E-state index contributed by atoms with van der Waals surface area (Å²) in [7, 11) is 0. The normalized spacial score (nSPS) is 11.1. The molecule has 0 fully saturated rings. The second-order valence-corrected chi connectivity index (χ2v) is 7.19. The lowest BCUT2D eigenvalue weighted by molar-refractivity contribution is 0.531. The van der Waals surface area contributed by atoms with E-state index in [-0.39, 0.29) is 0 Å². The van der Waals surface area contributed by atoms with Gasteiger partial charge in [-0.25, -0.2) is 0 Å². The molecule has 120 valence electrons. The SMILES string of the molecule is Brc1cccc(-c2ccc(CNc3cc(Br)c4cn[nH]c4c3)o2)c1. The largest absolute Gasteiger partial charge is 0.459 e. The predicted octanol–water partition coefficient (Wildman–Crippen LogP) is 5.96. The molecule has 0 aliphatic heterocycles. The highest BCUT2D eigenvalue weighted by molar-refractivity contribution is 9.11. The van der Waals surface area contributed by atoms with Gasteiger partial charge in [-0.1, -0.05) is 28.1 Å². The number of fused-ring (bicyclic) bond motifs is 1. The molecule has 0 saturated carbocycles. The van der Waals surface area contributed by atoms with Gasteiger partial charge in [0.15, 0.2) is 0 Å². The Morgan fingerprint density at radius 2 is 2.00 bits per heavy atom. The van der Waals surface area contributed by atoms with Gasteiger partial charge in [-0.15, -0.1) is 0 Å². The van der Waals surface area contributed by atoms with Crippen LogP contribution in [0.5, 0.6) is 0 Å². The molecule has 0 radical (unpaired) electrons.